The number of piperidine rings is 1. The molecule has 2 heterocycles. The maximum atomic E-state index is 5.92. The molecule has 4 rings (SSSR count). The molecule has 0 aromatic carbocycles. The lowest BCUT2D eigenvalue weighted by atomic mass is 9.52. The molecule has 2 unspecified atom stereocenters. The molecule has 5 heteroatoms. The van der Waals surface area contributed by atoms with Crippen LogP contribution in [0.4, 0.5) is 11.6 Å². The van der Waals surface area contributed by atoms with E-state index in [1.54, 1.807) is 0 Å². The molecule has 0 bridgehead atoms. The highest BCUT2D eigenvalue weighted by Gasteiger charge is 2.51. The van der Waals surface area contributed by atoms with Crippen molar-refractivity contribution in [3.8, 4) is 0 Å². The van der Waals surface area contributed by atoms with Gasteiger partial charge < -0.3 is 16.0 Å². The lowest BCUT2D eigenvalue weighted by Crippen LogP contribution is -2.57. The van der Waals surface area contributed by atoms with Crippen LogP contribution >= 0.6 is 0 Å². The SMILES string of the molecule is CC1CC(C)CN(c2ncc(NC3CC4(CC(N)C4)C3)cn2)C1. The van der Waals surface area contributed by atoms with Gasteiger partial charge in [0.25, 0.3) is 0 Å². The van der Waals surface area contributed by atoms with Crippen molar-refractivity contribution >= 4 is 11.6 Å². The van der Waals surface area contributed by atoms with E-state index >= 15 is 0 Å². The Balaban J connectivity index is 1.32. The van der Waals surface area contributed by atoms with Crippen LogP contribution in [0.15, 0.2) is 12.4 Å². The van der Waals surface area contributed by atoms with Gasteiger partial charge in [-0.1, -0.05) is 13.8 Å². The minimum Gasteiger partial charge on any atom is -0.380 e. The summed E-state index contributed by atoms with van der Waals surface area (Å²) in [5, 5.41) is 3.58. The summed E-state index contributed by atoms with van der Waals surface area (Å²) in [4.78, 5) is 11.5. The molecule has 3 fully saturated rings. The van der Waals surface area contributed by atoms with Gasteiger partial charge >= 0.3 is 0 Å². The van der Waals surface area contributed by atoms with E-state index in [2.05, 4.69) is 34.0 Å². The predicted octanol–water partition coefficient (Wildman–Crippen LogP) is 2.64. The number of nitrogens with two attached hydrogens (primary N) is 1. The number of hydrogen-bond donors (Lipinski definition) is 2. The first-order chi connectivity index (χ1) is 11.0. The van der Waals surface area contributed by atoms with E-state index in [9.17, 15) is 0 Å². The van der Waals surface area contributed by atoms with Gasteiger partial charge in [0.05, 0.1) is 18.1 Å². The van der Waals surface area contributed by atoms with Crippen LogP contribution in [0, 0.1) is 17.3 Å². The number of hydrogen-bond acceptors (Lipinski definition) is 5. The van der Waals surface area contributed by atoms with Crippen LogP contribution < -0.4 is 16.0 Å². The zero-order valence-corrected chi connectivity index (χ0v) is 14.3. The molecule has 126 valence electrons. The van der Waals surface area contributed by atoms with Crippen LogP contribution in [0.3, 0.4) is 0 Å². The van der Waals surface area contributed by atoms with Crippen molar-refractivity contribution in [2.45, 2.75) is 58.0 Å². The summed E-state index contributed by atoms with van der Waals surface area (Å²) >= 11 is 0. The first kappa shape index (κ1) is 15.2. The Labute approximate surface area is 139 Å². The van der Waals surface area contributed by atoms with Crippen molar-refractivity contribution in [2.24, 2.45) is 23.0 Å². The fourth-order valence-electron chi connectivity index (χ4n) is 5.09. The van der Waals surface area contributed by atoms with Crippen LogP contribution in [-0.4, -0.2) is 35.1 Å². The highest BCUT2D eigenvalue weighted by atomic mass is 15.3. The number of rotatable bonds is 3. The van der Waals surface area contributed by atoms with Gasteiger partial charge in [0, 0.05) is 25.2 Å². The van der Waals surface area contributed by atoms with Gasteiger partial charge in [0.2, 0.25) is 5.95 Å². The smallest absolute Gasteiger partial charge is 0.225 e. The molecule has 2 atom stereocenters. The minimum absolute atomic E-state index is 0.452. The highest BCUT2D eigenvalue weighted by molar-refractivity contribution is 5.44. The van der Waals surface area contributed by atoms with Gasteiger partial charge in [0.1, 0.15) is 0 Å². The van der Waals surface area contributed by atoms with E-state index in [0.29, 0.717) is 17.5 Å². The molecule has 5 nitrogen and oxygen atoms in total. The molecule has 2 saturated carbocycles. The van der Waals surface area contributed by atoms with E-state index in [1.807, 2.05) is 12.4 Å². The van der Waals surface area contributed by atoms with Gasteiger partial charge in [-0.2, -0.15) is 0 Å². The summed E-state index contributed by atoms with van der Waals surface area (Å²) in [7, 11) is 0. The van der Waals surface area contributed by atoms with Crippen LogP contribution in [0.25, 0.3) is 0 Å². The third-order valence-corrected chi connectivity index (χ3v) is 5.91. The zero-order chi connectivity index (χ0) is 16.0. The molecular formula is C18H29N5. The highest BCUT2D eigenvalue weighted by Crippen LogP contribution is 2.55. The van der Waals surface area contributed by atoms with E-state index < -0.39 is 0 Å². The average molecular weight is 315 g/mol. The van der Waals surface area contributed by atoms with E-state index in [1.165, 1.54) is 32.1 Å². The van der Waals surface area contributed by atoms with Crippen molar-refractivity contribution in [3.63, 3.8) is 0 Å². The normalized spacial score (nSPS) is 39.7. The molecule has 2 aliphatic carbocycles. The van der Waals surface area contributed by atoms with Gasteiger partial charge in [-0.15, -0.1) is 0 Å². The summed E-state index contributed by atoms with van der Waals surface area (Å²) in [5.74, 6) is 2.32. The maximum Gasteiger partial charge on any atom is 0.225 e. The molecule has 1 aromatic heterocycles. The lowest BCUT2D eigenvalue weighted by Gasteiger charge is -2.57. The summed E-state index contributed by atoms with van der Waals surface area (Å²) in [6.45, 7) is 6.78. The Morgan fingerprint density at radius 1 is 1.09 bits per heavy atom. The van der Waals surface area contributed by atoms with Crippen LogP contribution in [-0.2, 0) is 0 Å². The Bertz CT molecular complexity index is 533. The Morgan fingerprint density at radius 3 is 2.26 bits per heavy atom. The second-order valence-electron chi connectivity index (χ2n) is 8.54. The molecule has 0 amide bonds. The molecule has 0 radical (unpaired) electrons. The number of aromatic nitrogens is 2. The molecule has 1 saturated heterocycles. The first-order valence-corrected chi connectivity index (χ1v) is 9.10. The van der Waals surface area contributed by atoms with E-state index in [4.69, 9.17) is 5.73 Å². The van der Waals surface area contributed by atoms with Crippen molar-refractivity contribution in [2.75, 3.05) is 23.3 Å². The molecule has 3 N–H and O–H groups in total. The molecule has 1 spiro atoms. The maximum absolute atomic E-state index is 5.92. The fraction of sp³-hybridized carbons (Fsp3) is 0.778. The summed E-state index contributed by atoms with van der Waals surface area (Å²) in [6.07, 6.45) is 10.1. The molecule has 1 aliphatic heterocycles. The molecular weight excluding hydrogens is 286 g/mol. The zero-order valence-electron chi connectivity index (χ0n) is 14.3. The van der Waals surface area contributed by atoms with Gasteiger partial charge in [-0.25, -0.2) is 9.97 Å². The monoisotopic (exact) mass is 315 g/mol. The lowest BCUT2D eigenvalue weighted by molar-refractivity contribution is 0.00119. The quantitative estimate of drug-likeness (QED) is 0.897. The molecule has 1 aromatic rings. The van der Waals surface area contributed by atoms with E-state index in [0.717, 1.165) is 36.6 Å². The first-order valence-electron chi connectivity index (χ1n) is 9.10. The third-order valence-electron chi connectivity index (χ3n) is 5.91. The summed E-state index contributed by atoms with van der Waals surface area (Å²) in [6, 6.07) is 1.03. The fourth-order valence-corrected chi connectivity index (χ4v) is 5.09. The second kappa shape index (κ2) is 5.62. The van der Waals surface area contributed by atoms with Gasteiger partial charge in [-0.05, 0) is 49.4 Å². The van der Waals surface area contributed by atoms with Crippen molar-refractivity contribution < 1.29 is 0 Å². The third kappa shape index (κ3) is 3.03. The van der Waals surface area contributed by atoms with Crippen molar-refractivity contribution in [1.29, 1.82) is 0 Å². The Morgan fingerprint density at radius 2 is 1.70 bits per heavy atom. The topological polar surface area (TPSA) is 67.1 Å². The largest absolute Gasteiger partial charge is 0.380 e. The predicted molar refractivity (Wildman–Crippen MR) is 93.5 cm³/mol. The number of anilines is 2. The summed E-state index contributed by atoms with van der Waals surface area (Å²) in [5.41, 5.74) is 7.54. The number of nitrogens with one attached hydrogen (secondary N) is 1. The van der Waals surface area contributed by atoms with Crippen LogP contribution in [0.2, 0.25) is 0 Å². The van der Waals surface area contributed by atoms with Gasteiger partial charge in [-0.3, -0.25) is 0 Å². The summed E-state index contributed by atoms with van der Waals surface area (Å²) < 4.78 is 0. The number of nitrogens with zero attached hydrogens (tertiary/aromatic N) is 3. The standard InChI is InChI=1S/C18H29N5/c1-12-3-13(2)11-23(10-12)17-20-8-16(9-21-17)22-15-6-18(7-15)4-14(19)5-18/h8-9,12-15,22H,3-7,10-11,19H2,1-2H3. The molecule has 3 aliphatic rings. The van der Waals surface area contributed by atoms with Gasteiger partial charge in [0.15, 0.2) is 0 Å². The Kier molecular flexibility index (Phi) is 3.71. The van der Waals surface area contributed by atoms with Crippen LogP contribution in [0.1, 0.15) is 46.0 Å². The van der Waals surface area contributed by atoms with Crippen LogP contribution in [0.5, 0.6) is 0 Å². The average Bonchev–Trinajstić information content (AvgIpc) is 2.43. The minimum atomic E-state index is 0.452. The van der Waals surface area contributed by atoms with E-state index in [-0.39, 0.29) is 0 Å². The Hall–Kier alpha value is -1.36. The second-order valence-corrected chi connectivity index (χ2v) is 8.54. The van der Waals surface area contributed by atoms with Crippen molar-refractivity contribution in [1.82, 2.24) is 9.97 Å². The van der Waals surface area contributed by atoms with Crippen molar-refractivity contribution in [3.05, 3.63) is 12.4 Å². The molecule has 23 heavy (non-hydrogen) atoms.